The molecule has 1 aliphatic rings. The van der Waals surface area contributed by atoms with E-state index in [9.17, 15) is 9.59 Å². The van der Waals surface area contributed by atoms with Crippen molar-refractivity contribution < 1.29 is 23.8 Å². The summed E-state index contributed by atoms with van der Waals surface area (Å²) in [6, 6.07) is 27.5. The predicted molar refractivity (Wildman–Crippen MR) is 142 cm³/mol. The molecule has 0 radical (unpaired) electrons. The molecular formula is C30H26N2O5. The van der Waals surface area contributed by atoms with Gasteiger partial charge in [0.05, 0.1) is 30.8 Å². The van der Waals surface area contributed by atoms with E-state index in [-0.39, 0.29) is 25.7 Å². The van der Waals surface area contributed by atoms with Gasteiger partial charge in [-0.3, -0.25) is 14.5 Å². The molecule has 1 amide bonds. The number of amides is 1. The highest BCUT2D eigenvalue weighted by Gasteiger charge is 2.28. The molecule has 0 atom stereocenters. The summed E-state index contributed by atoms with van der Waals surface area (Å²) in [6.45, 7) is 1.67. The second kappa shape index (κ2) is 10.5. The second-order valence-corrected chi connectivity index (χ2v) is 8.48. The molecule has 3 aromatic carbocycles. The van der Waals surface area contributed by atoms with E-state index in [1.54, 1.807) is 20.1 Å². The van der Waals surface area contributed by atoms with Crippen LogP contribution < -0.4 is 14.4 Å². The summed E-state index contributed by atoms with van der Waals surface area (Å²) in [4.78, 5) is 31.2. The molecule has 1 aromatic heterocycles. The third kappa shape index (κ3) is 5.16. The molecule has 186 valence electrons. The van der Waals surface area contributed by atoms with E-state index in [4.69, 9.17) is 19.2 Å². The summed E-state index contributed by atoms with van der Waals surface area (Å²) >= 11 is 0. The molecule has 0 spiro atoms. The van der Waals surface area contributed by atoms with Crippen LogP contribution in [0, 0.1) is 0 Å². The third-order valence-corrected chi connectivity index (χ3v) is 6.11. The summed E-state index contributed by atoms with van der Waals surface area (Å²) in [5.41, 5.74) is 5.83. The van der Waals surface area contributed by atoms with E-state index in [0.717, 1.165) is 39.4 Å². The van der Waals surface area contributed by atoms with Gasteiger partial charge in [0.25, 0.3) is 5.91 Å². The van der Waals surface area contributed by atoms with Crippen molar-refractivity contribution in [1.29, 1.82) is 0 Å². The average molecular weight is 495 g/mol. The van der Waals surface area contributed by atoms with Crippen LogP contribution in [-0.2, 0) is 14.3 Å². The average Bonchev–Trinajstić information content (AvgIpc) is 2.95. The standard InChI is InChI=1S/C30H26N2O5/c1-3-36-30(34)18-32-27-17-22(11-14-28(27)37-19-29(32)33)26-16-23(20-7-5-4-6-8-20)15-25(31-26)21-9-12-24(35-2)13-10-21/h4-17H,3,18-19H2,1-2H3. The minimum atomic E-state index is -0.472. The predicted octanol–water partition coefficient (Wildman–Crippen LogP) is 5.38. The Morgan fingerprint density at radius 2 is 1.59 bits per heavy atom. The van der Waals surface area contributed by atoms with Crippen molar-refractivity contribution in [2.24, 2.45) is 0 Å². The van der Waals surface area contributed by atoms with Crippen LogP contribution in [0.4, 0.5) is 5.69 Å². The van der Waals surface area contributed by atoms with Crippen molar-refractivity contribution in [2.75, 3.05) is 31.8 Å². The number of hydrogen-bond donors (Lipinski definition) is 0. The van der Waals surface area contributed by atoms with Crippen LogP contribution >= 0.6 is 0 Å². The van der Waals surface area contributed by atoms with Crippen LogP contribution in [0.1, 0.15) is 6.92 Å². The van der Waals surface area contributed by atoms with Crippen LogP contribution in [-0.4, -0.2) is 43.7 Å². The first kappa shape index (κ1) is 24.1. The number of benzene rings is 3. The van der Waals surface area contributed by atoms with Crippen molar-refractivity contribution in [3.63, 3.8) is 0 Å². The normalized spacial score (nSPS) is 12.5. The van der Waals surface area contributed by atoms with Gasteiger partial charge >= 0.3 is 5.97 Å². The SMILES string of the molecule is CCOC(=O)CN1C(=O)COc2ccc(-c3cc(-c4ccccc4)cc(-c4ccc(OC)cc4)n3)cc21. The number of rotatable bonds is 7. The van der Waals surface area contributed by atoms with Gasteiger partial charge in [-0.05, 0) is 72.6 Å². The number of ether oxygens (including phenoxy) is 3. The smallest absolute Gasteiger partial charge is 0.326 e. The summed E-state index contributed by atoms with van der Waals surface area (Å²) < 4.78 is 16.0. The molecule has 5 rings (SSSR count). The highest BCUT2D eigenvalue weighted by Crippen LogP contribution is 2.37. The Morgan fingerprint density at radius 3 is 2.30 bits per heavy atom. The molecule has 0 unspecified atom stereocenters. The van der Waals surface area contributed by atoms with Crippen molar-refractivity contribution >= 4 is 17.6 Å². The lowest BCUT2D eigenvalue weighted by atomic mass is 9.99. The lowest BCUT2D eigenvalue weighted by Gasteiger charge is -2.29. The van der Waals surface area contributed by atoms with Gasteiger partial charge in [0.1, 0.15) is 18.0 Å². The number of fused-ring (bicyclic) bond motifs is 1. The van der Waals surface area contributed by atoms with E-state index in [2.05, 4.69) is 18.2 Å². The lowest BCUT2D eigenvalue weighted by Crippen LogP contribution is -2.42. The topological polar surface area (TPSA) is 78.0 Å². The zero-order valence-corrected chi connectivity index (χ0v) is 20.6. The van der Waals surface area contributed by atoms with Gasteiger partial charge in [0, 0.05) is 11.1 Å². The fourth-order valence-electron chi connectivity index (χ4n) is 4.26. The minimum Gasteiger partial charge on any atom is -0.497 e. The van der Waals surface area contributed by atoms with E-state index >= 15 is 0 Å². The first-order chi connectivity index (χ1) is 18.1. The molecular weight excluding hydrogens is 468 g/mol. The van der Waals surface area contributed by atoms with Crippen molar-refractivity contribution in [1.82, 2.24) is 4.98 Å². The summed E-state index contributed by atoms with van der Waals surface area (Å²) in [6.07, 6.45) is 0. The Bertz CT molecular complexity index is 1430. The minimum absolute atomic E-state index is 0.130. The summed E-state index contributed by atoms with van der Waals surface area (Å²) in [5.74, 6) is 0.522. The van der Waals surface area contributed by atoms with Crippen molar-refractivity contribution in [3.05, 3.63) is 84.9 Å². The van der Waals surface area contributed by atoms with Crippen LogP contribution in [0.2, 0.25) is 0 Å². The quantitative estimate of drug-likeness (QED) is 0.321. The van der Waals surface area contributed by atoms with Crippen LogP contribution in [0.3, 0.4) is 0 Å². The number of aromatic nitrogens is 1. The second-order valence-electron chi connectivity index (χ2n) is 8.48. The van der Waals surface area contributed by atoms with E-state index < -0.39 is 5.97 Å². The third-order valence-electron chi connectivity index (χ3n) is 6.11. The Balaban J connectivity index is 1.61. The Labute approximate surface area is 215 Å². The molecule has 0 saturated heterocycles. The van der Waals surface area contributed by atoms with Crippen molar-refractivity contribution in [2.45, 2.75) is 6.92 Å². The largest absolute Gasteiger partial charge is 0.497 e. The summed E-state index contributed by atoms with van der Waals surface area (Å²) in [7, 11) is 1.64. The molecule has 37 heavy (non-hydrogen) atoms. The molecule has 1 aliphatic heterocycles. The molecule has 4 aromatic rings. The number of anilines is 1. The van der Waals surface area contributed by atoms with Crippen LogP contribution in [0.5, 0.6) is 11.5 Å². The van der Waals surface area contributed by atoms with Gasteiger partial charge in [0.15, 0.2) is 6.61 Å². The number of pyridine rings is 1. The summed E-state index contributed by atoms with van der Waals surface area (Å²) in [5, 5.41) is 0. The van der Waals surface area contributed by atoms with Crippen molar-refractivity contribution in [3.8, 4) is 45.1 Å². The van der Waals surface area contributed by atoms with E-state index in [0.29, 0.717) is 11.4 Å². The first-order valence-corrected chi connectivity index (χ1v) is 12.0. The van der Waals surface area contributed by atoms with Gasteiger partial charge in [0.2, 0.25) is 0 Å². The maximum atomic E-state index is 12.6. The number of hydrogen-bond acceptors (Lipinski definition) is 6. The molecule has 0 bridgehead atoms. The fourth-order valence-corrected chi connectivity index (χ4v) is 4.26. The maximum Gasteiger partial charge on any atom is 0.326 e. The molecule has 0 saturated carbocycles. The van der Waals surface area contributed by atoms with Gasteiger partial charge in [-0.2, -0.15) is 0 Å². The molecule has 0 aliphatic carbocycles. The fraction of sp³-hybridized carbons (Fsp3) is 0.167. The molecule has 7 heteroatoms. The number of esters is 1. The molecule has 7 nitrogen and oxygen atoms in total. The lowest BCUT2D eigenvalue weighted by molar-refractivity contribution is -0.142. The van der Waals surface area contributed by atoms with Crippen LogP contribution in [0.15, 0.2) is 84.9 Å². The highest BCUT2D eigenvalue weighted by molar-refractivity contribution is 6.02. The first-order valence-electron chi connectivity index (χ1n) is 12.0. The Morgan fingerprint density at radius 1 is 0.892 bits per heavy atom. The highest BCUT2D eigenvalue weighted by atomic mass is 16.5. The maximum absolute atomic E-state index is 12.6. The Kier molecular flexibility index (Phi) is 6.85. The number of nitrogens with zero attached hydrogens (tertiary/aromatic N) is 2. The number of methoxy groups -OCH3 is 1. The van der Waals surface area contributed by atoms with Gasteiger partial charge in [-0.15, -0.1) is 0 Å². The van der Waals surface area contributed by atoms with Gasteiger partial charge in [-0.25, -0.2) is 4.98 Å². The number of carbonyl (C=O) groups excluding carboxylic acids is 2. The van der Waals surface area contributed by atoms with Gasteiger partial charge in [-0.1, -0.05) is 30.3 Å². The zero-order chi connectivity index (χ0) is 25.8. The number of carbonyl (C=O) groups is 2. The zero-order valence-electron chi connectivity index (χ0n) is 20.6. The van der Waals surface area contributed by atoms with Gasteiger partial charge < -0.3 is 14.2 Å². The van der Waals surface area contributed by atoms with Crippen LogP contribution in [0.25, 0.3) is 33.6 Å². The Hall–Kier alpha value is -4.65. The van der Waals surface area contributed by atoms with E-state index in [1.165, 1.54) is 4.90 Å². The molecule has 0 fully saturated rings. The van der Waals surface area contributed by atoms with E-state index in [1.807, 2.05) is 60.7 Å². The monoisotopic (exact) mass is 494 g/mol. The molecule has 2 heterocycles. The molecule has 0 N–H and O–H groups in total.